The fourth-order valence-electron chi connectivity index (χ4n) is 4.04. The predicted molar refractivity (Wildman–Crippen MR) is 140 cm³/mol. The highest BCUT2D eigenvalue weighted by molar-refractivity contribution is 5.89. The lowest BCUT2D eigenvalue weighted by Crippen LogP contribution is -2.36. The number of carbonyl (C=O) groups excluding carboxylic acids is 1. The number of hydrogen-bond acceptors (Lipinski definition) is 3. The monoisotopic (exact) mass is 481 g/mol. The quantitative estimate of drug-likeness (QED) is 0.322. The molecule has 7 nitrogen and oxygen atoms in total. The summed E-state index contributed by atoms with van der Waals surface area (Å²) in [6.07, 6.45) is 1.39. The standard InChI is InChI=1S/C29H27N3O4/c1-20-13-15-22(16-14-20)26(18-27(33)34)31-29(36)30-25-12-7-17-32(28(25)35)19-23-10-5-6-11-24(23)21-8-3-2-4-9-21/h2-17,26H,18-19H2,1H3,(H,33,34)(H2,30,31,36)/t26-/m0/s1. The summed E-state index contributed by atoms with van der Waals surface area (Å²) in [5.41, 5.74) is 4.47. The van der Waals surface area contributed by atoms with Gasteiger partial charge in [0.15, 0.2) is 0 Å². The number of nitrogens with zero attached hydrogens (tertiary/aromatic N) is 1. The molecular formula is C29H27N3O4. The van der Waals surface area contributed by atoms with E-state index in [1.54, 1.807) is 24.4 Å². The zero-order valence-electron chi connectivity index (χ0n) is 19.8. The van der Waals surface area contributed by atoms with E-state index in [0.29, 0.717) is 12.1 Å². The molecule has 0 radical (unpaired) electrons. The molecule has 3 N–H and O–H groups in total. The molecule has 36 heavy (non-hydrogen) atoms. The summed E-state index contributed by atoms with van der Waals surface area (Å²) in [6.45, 7) is 2.25. The van der Waals surface area contributed by atoms with Crippen LogP contribution in [-0.4, -0.2) is 21.7 Å². The minimum Gasteiger partial charge on any atom is -0.481 e. The van der Waals surface area contributed by atoms with Crippen molar-refractivity contribution in [3.05, 3.63) is 124 Å². The highest BCUT2D eigenvalue weighted by Gasteiger charge is 2.19. The molecule has 0 unspecified atom stereocenters. The lowest BCUT2D eigenvalue weighted by molar-refractivity contribution is -0.137. The Morgan fingerprint density at radius 1 is 0.889 bits per heavy atom. The SMILES string of the molecule is Cc1ccc([C@H](CC(=O)O)NC(=O)Nc2cccn(Cc3ccccc3-c3ccccc3)c2=O)cc1. The van der Waals surface area contributed by atoms with Gasteiger partial charge in [0, 0.05) is 6.20 Å². The number of nitrogens with one attached hydrogen (secondary N) is 2. The molecule has 2 amide bonds. The largest absolute Gasteiger partial charge is 0.481 e. The van der Waals surface area contributed by atoms with Crippen LogP contribution >= 0.6 is 0 Å². The van der Waals surface area contributed by atoms with Crippen LogP contribution in [0.4, 0.5) is 10.5 Å². The Labute approximate surface area is 209 Å². The van der Waals surface area contributed by atoms with Gasteiger partial charge >= 0.3 is 12.0 Å². The van der Waals surface area contributed by atoms with Crippen LogP contribution in [0.5, 0.6) is 0 Å². The van der Waals surface area contributed by atoms with Crippen LogP contribution in [0.15, 0.2) is 102 Å². The van der Waals surface area contributed by atoms with Crippen molar-refractivity contribution in [1.29, 1.82) is 0 Å². The minimum absolute atomic E-state index is 0.102. The van der Waals surface area contributed by atoms with Crippen LogP contribution in [0.25, 0.3) is 11.1 Å². The smallest absolute Gasteiger partial charge is 0.319 e. The average Bonchev–Trinajstić information content (AvgIpc) is 2.87. The van der Waals surface area contributed by atoms with Crippen molar-refractivity contribution in [3.8, 4) is 11.1 Å². The molecule has 0 spiro atoms. The van der Waals surface area contributed by atoms with Gasteiger partial charge in [-0.05, 0) is 41.3 Å². The number of pyridine rings is 1. The molecule has 4 rings (SSSR count). The molecule has 0 bridgehead atoms. The van der Waals surface area contributed by atoms with Gasteiger partial charge in [-0.2, -0.15) is 0 Å². The molecule has 0 aliphatic rings. The first-order chi connectivity index (χ1) is 17.4. The maximum atomic E-state index is 13.2. The first-order valence-corrected chi connectivity index (χ1v) is 11.6. The summed E-state index contributed by atoms with van der Waals surface area (Å²) in [7, 11) is 0. The lowest BCUT2D eigenvalue weighted by atomic mass is 10.00. The number of aryl methyl sites for hydroxylation is 1. The molecule has 182 valence electrons. The lowest BCUT2D eigenvalue weighted by Gasteiger charge is -2.18. The zero-order valence-corrected chi connectivity index (χ0v) is 19.8. The van der Waals surface area contributed by atoms with Gasteiger partial charge in [0.05, 0.1) is 19.0 Å². The third-order valence-electron chi connectivity index (χ3n) is 5.88. The van der Waals surface area contributed by atoms with Crippen molar-refractivity contribution < 1.29 is 14.7 Å². The van der Waals surface area contributed by atoms with Gasteiger partial charge in [0.1, 0.15) is 5.69 Å². The highest BCUT2D eigenvalue weighted by atomic mass is 16.4. The van der Waals surface area contributed by atoms with E-state index in [9.17, 15) is 19.5 Å². The number of hydrogen-bond donors (Lipinski definition) is 3. The normalized spacial score (nSPS) is 11.5. The second kappa shape index (κ2) is 11.2. The van der Waals surface area contributed by atoms with Crippen molar-refractivity contribution in [2.24, 2.45) is 0 Å². The van der Waals surface area contributed by atoms with E-state index >= 15 is 0 Å². The average molecular weight is 482 g/mol. The van der Waals surface area contributed by atoms with Crippen molar-refractivity contribution in [3.63, 3.8) is 0 Å². The number of carboxylic acids is 1. The molecule has 0 saturated heterocycles. The van der Waals surface area contributed by atoms with Gasteiger partial charge < -0.3 is 20.3 Å². The summed E-state index contributed by atoms with van der Waals surface area (Å²) < 4.78 is 1.53. The number of aliphatic carboxylic acids is 1. The van der Waals surface area contributed by atoms with Crippen LogP contribution in [-0.2, 0) is 11.3 Å². The second-order valence-corrected chi connectivity index (χ2v) is 8.54. The van der Waals surface area contributed by atoms with Crippen LogP contribution in [0.3, 0.4) is 0 Å². The molecule has 0 saturated carbocycles. The molecule has 4 aromatic rings. The van der Waals surface area contributed by atoms with Gasteiger partial charge in [0.25, 0.3) is 5.56 Å². The van der Waals surface area contributed by atoms with E-state index in [-0.39, 0.29) is 17.7 Å². The number of carbonyl (C=O) groups is 2. The Hall–Kier alpha value is -4.65. The maximum Gasteiger partial charge on any atom is 0.319 e. The molecule has 7 heteroatoms. The van der Waals surface area contributed by atoms with E-state index in [1.165, 1.54) is 10.6 Å². The summed E-state index contributed by atoms with van der Waals surface area (Å²) in [5, 5.41) is 14.6. The van der Waals surface area contributed by atoms with Crippen LogP contribution < -0.4 is 16.2 Å². The van der Waals surface area contributed by atoms with Crippen molar-refractivity contribution in [2.75, 3.05) is 5.32 Å². The maximum absolute atomic E-state index is 13.2. The Morgan fingerprint density at radius 2 is 1.58 bits per heavy atom. The summed E-state index contributed by atoms with van der Waals surface area (Å²) in [5.74, 6) is -1.04. The van der Waals surface area contributed by atoms with E-state index < -0.39 is 18.0 Å². The molecule has 0 fully saturated rings. The highest BCUT2D eigenvalue weighted by Crippen LogP contribution is 2.24. The Balaban J connectivity index is 1.53. The van der Waals surface area contributed by atoms with Crippen molar-refractivity contribution in [1.82, 2.24) is 9.88 Å². The third-order valence-corrected chi connectivity index (χ3v) is 5.88. The molecule has 1 atom stereocenters. The predicted octanol–water partition coefficient (Wildman–Crippen LogP) is 5.21. The molecule has 3 aromatic carbocycles. The number of benzene rings is 3. The van der Waals surface area contributed by atoms with Crippen LogP contribution in [0, 0.1) is 6.92 Å². The fraction of sp³-hybridized carbons (Fsp3) is 0.138. The van der Waals surface area contributed by atoms with Gasteiger partial charge in [0.2, 0.25) is 0 Å². The minimum atomic E-state index is -1.04. The van der Waals surface area contributed by atoms with Gasteiger partial charge in [-0.3, -0.25) is 9.59 Å². The second-order valence-electron chi connectivity index (χ2n) is 8.54. The van der Waals surface area contributed by atoms with E-state index in [2.05, 4.69) is 10.6 Å². The number of rotatable bonds is 8. The van der Waals surface area contributed by atoms with E-state index in [4.69, 9.17) is 0 Å². The van der Waals surface area contributed by atoms with Crippen molar-refractivity contribution in [2.45, 2.75) is 25.9 Å². The fourth-order valence-corrected chi connectivity index (χ4v) is 4.04. The Bertz CT molecular complexity index is 1410. The van der Waals surface area contributed by atoms with E-state index in [1.807, 2.05) is 73.7 Å². The Morgan fingerprint density at radius 3 is 2.31 bits per heavy atom. The molecule has 1 aromatic heterocycles. The molecule has 1 heterocycles. The summed E-state index contributed by atoms with van der Waals surface area (Å²) in [4.78, 5) is 37.3. The van der Waals surface area contributed by atoms with Crippen LogP contribution in [0.2, 0.25) is 0 Å². The topological polar surface area (TPSA) is 100 Å². The van der Waals surface area contributed by atoms with E-state index in [0.717, 1.165) is 22.3 Å². The molecular weight excluding hydrogens is 454 g/mol. The zero-order chi connectivity index (χ0) is 25.5. The Kier molecular flexibility index (Phi) is 7.60. The molecule has 0 aliphatic heterocycles. The van der Waals surface area contributed by atoms with Gasteiger partial charge in [-0.15, -0.1) is 0 Å². The number of carboxylic acid groups (broad SMARTS) is 1. The molecule has 0 aliphatic carbocycles. The number of urea groups is 1. The van der Waals surface area contributed by atoms with Gasteiger partial charge in [-0.1, -0.05) is 84.4 Å². The van der Waals surface area contributed by atoms with Gasteiger partial charge in [-0.25, -0.2) is 4.79 Å². The number of amides is 2. The first-order valence-electron chi connectivity index (χ1n) is 11.6. The summed E-state index contributed by atoms with van der Waals surface area (Å²) in [6, 6.07) is 26.9. The third kappa shape index (κ3) is 6.07. The van der Waals surface area contributed by atoms with Crippen LogP contribution in [0.1, 0.15) is 29.2 Å². The number of anilines is 1. The summed E-state index contributed by atoms with van der Waals surface area (Å²) >= 11 is 0. The van der Waals surface area contributed by atoms with Crippen molar-refractivity contribution >= 4 is 17.7 Å². The first kappa shape index (κ1) is 24.5. The number of aromatic nitrogens is 1.